The molecule has 1 rings (SSSR count). The molecule has 0 unspecified atom stereocenters. The van der Waals surface area contributed by atoms with Crippen LogP contribution in [-0.4, -0.2) is 65.3 Å². The van der Waals surface area contributed by atoms with E-state index >= 15 is 0 Å². The summed E-state index contributed by atoms with van der Waals surface area (Å²) in [6.07, 6.45) is -0.961. The van der Waals surface area contributed by atoms with Crippen LogP contribution in [0.5, 0.6) is 5.75 Å². The Balaban J connectivity index is 2.72. The monoisotopic (exact) mass is 468 g/mol. The smallest absolute Gasteiger partial charge is 0.326 e. The number of nitrogens with two attached hydrogens (primary N) is 2. The minimum Gasteiger partial charge on any atom is -0.490 e. The van der Waals surface area contributed by atoms with Crippen LogP contribution >= 0.6 is 12.2 Å². The number of carboxylic acids is 1. The summed E-state index contributed by atoms with van der Waals surface area (Å²) < 4.78 is 11.2. The summed E-state index contributed by atoms with van der Waals surface area (Å²) in [4.78, 5) is 35.0. The highest BCUT2D eigenvalue weighted by molar-refractivity contribution is 7.80. The van der Waals surface area contributed by atoms with Gasteiger partial charge in [-0.2, -0.15) is 0 Å². The van der Waals surface area contributed by atoms with Crippen LogP contribution in [0.15, 0.2) is 24.3 Å². The van der Waals surface area contributed by atoms with E-state index in [2.05, 4.69) is 10.6 Å². The molecule has 0 aromatic heterocycles. The van der Waals surface area contributed by atoms with Crippen molar-refractivity contribution in [3.63, 3.8) is 0 Å². The Bertz CT molecular complexity index is 785. The van der Waals surface area contributed by atoms with E-state index in [0.29, 0.717) is 12.3 Å². The van der Waals surface area contributed by atoms with Crippen LogP contribution in [0.4, 0.5) is 0 Å². The minimum atomic E-state index is -1.25. The summed E-state index contributed by atoms with van der Waals surface area (Å²) in [5.41, 5.74) is 11.6. The van der Waals surface area contributed by atoms with Gasteiger partial charge >= 0.3 is 11.9 Å². The number of amides is 1. The van der Waals surface area contributed by atoms with Gasteiger partial charge in [0.1, 0.15) is 24.5 Å². The zero-order valence-corrected chi connectivity index (χ0v) is 19.3. The number of carbonyl (C=O) groups is 3. The molecule has 0 bridgehead atoms. The highest BCUT2D eigenvalue weighted by atomic mass is 32.1. The Hall–Kier alpha value is -2.76. The van der Waals surface area contributed by atoms with Crippen LogP contribution in [0.3, 0.4) is 0 Å². The summed E-state index contributed by atoms with van der Waals surface area (Å²) in [5.74, 6) is -1.86. The summed E-state index contributed by atoms with van der Waals surface area (Å²) in [5, 5.41) is 15.1. The Labute approximate surface area is 193 Å². The SMILES string of the molecule is CC(C)NC[C@@H](COc1ccc(CC(N)=O)cc1)OC(=O)C[C@H](NC(=S)[C@H](C)N)C(=O)O. The minimum absolute atomic E-state index is 0.0457. The van der Waals surface area contributed by atoms with E-state index in [1.165, 1.54) is 0 Å². The van der Waals surface area contributed by atoms with Gasteiger partial charge in [-0.15, -0.1) is 0 Å². The number of hydrogen-bond donors (Lipinski definition) is 5. The number of esters is 1. The van der Waals surface area contributed by atoms with Crippen molar-refractivity contribution >= 4 is 35.1 Å². The lowest BCUT2D eigenvalue weighted by molar-refractivity contribution is -0.154. The van der Waals surface area contributed by atoms with Crippen molar-refractivity contribution in [1.29, 1.82) is 0 Å². The van der Waals surface area contributed by atoms with Gasteiger partial charge in [-0.25, -0.2) is 4.79 Å². The molecule has 0 saturated carbocycles. The van der Waals surface area contributed by atoms with Crippen LogP contribution in [-0.2, 0) is 25.5 Å². The van der Waals surface area contributed by atoms with E-state index in [1.54, 1.807) is 31.2 Å². The van der Waals surface area contributed by atoms with Gasteiger partial charge in [-0.1, -0.05) is 38.2 Å². The maximum Gasteiger partial charge on any atom is 0.326 e. The lowest BCUT2D eigenvalue weighted by Gasteiger charge is -2.22. The first kappa shape index (κ1) is 27.3. The number of thiocarbonyl (C=S) groups is 1. The molecule has 0 fully saturated rings. The van der Waals surface area contributed by atoms with Crippen molar-refractivity contribution in [2.75, 3.05) is 13.2 Å². The molecule has 10 nitrogen and oxygen atoms in total. The fourth-order valence-corrected chi connectivity index (χ4v) is 2.64. The molecular formula is C21H32N4O6S. The second-order valence-electron chi connectivity index (χ2n) is 7.67. The molecule has 0 aliphatic rings. The number of rotatable bonds is 14. The largest absolute Gasteiger partial charge is 0.490 e. The van der Waals surface area contributed by atoms with Crippen molar-refractivity contribution < 1.29 is 29.0 Å². The molecule has 0 aliphatic heterocycles. The van der Waals surface area contributed by atoms with E-state index in [0.717, 1.165) is 5.56 Å². The fraction of sp³-hybridized carbons (Fsp3) is 0.524. The van der Waals surface area contributed by atoms with E-state index < -0.39 is 42.5 Å². The number of aliphatic carboxylic acids is 1. The second kappa shape index (κ2) is 13.6. The molecular weight excluding hydrogens is 436 g/mol. The Morgan fingerprint density at radius 1 is 1.16 bits per heavy atom. The molecule has 0 saturated heterocycles. The molecule has 1 aromatic carbocycles. The molecule has 0 aliphatic carbocycles. The highest BCUT2D eigenvalue weighted by Crippen LogP contribution is 2.13. The van der Waals surface area contributed by atoms with Gasteiger partial charge in [0.15, 0.2) is 0 Å². The zero-order chi connectivity index (χ0) is 24.3. The quantitative estimate of drug-likeness (QED) is 0.187. The first-order valence-corrected chi connectivity index (χ1v) is 10.6. The topological polar surface area (TPSA) is 166 Å². The normalized spacial score (nSPS) is 13.7. The van der Waals surface area contributed by atoms with E-state index in [9.17, 15) is 19.5 Å². The predicted octanol–water partition coefficient (Wildman–Crippen LogP) is 0.111. The summed E-state index contributed by atoms with van der Waals surface area (Å²) >= 11 is 5.00. The van der Waals surface area contributed by atoms with Gasteiger partial charge in [0.2, 0.25) is 5.91 Å². The number of primary amides is 1. The van der Waals surface area contributed by atoms with Crippen molar-refractivity contribution in [2.45, 2.75) is 57.8 Å². The van der Waals surface area contributed by atoms with Crippen LogP contribution in [0, 0.1) is 0 Å². The standard InChI is InChI=1S/C21H32N4O6S/c1-12(2)24-10-16(11-30-15-6-4-14(5-7-15)8-18(23)26)31-19(27)9-17(21(28)29)25-20(32)13(3)22/h4-7,12-13,16-17,24H,8-11,22H2,1-3H3,(H2,23,26)(H,25,32)(H,28,29)/t13-,16-,17-/m0/s1. The van der Waals surface area contributed by atoms with E-state index in [-0.39, 0.29) is 24.1 Å². The number of hydrogen-bond acceptors (Lipinski definition) is 8. The van der Waals surface area contributed by atoms with Crippen molar-refractivity contribution in [1.82, 2.24) is 10.6 Å². The van der Waals surface area contributed by atoms with E-state index in [4.69, 9.17) is 33.2 Å². The molecule has 1 amide bonds. The number of benzene rings is 1. The Morgan fingerprint density at radius 3 is 2.28 bits per heavy atom. The van der Waals surface area contributed by atoms with Crippen LogP contribution < -0.4 is 26.8 Å². The predicted molar refractivity (Wildman–Crippen MR) is 123 cm³/mol. The van der Waals surface area contributed by atoms with Crippen LogP contribution in [0.2, 0.25) is 0 Å². The average Bonchev–Trinajstić information content (AvgIpc) is 2.69. The Morgan fingerprint density at radius 2 is 1.78 bits per heavy atom. The first-order valence-electron chi connectivity index (χ1n) is 10.2. The molecule has 32 heavy (non-hydrogen) atoms. The third-order valence-corrected chi connectivity index (χ3v) is 4.68. The molecule has 0 radical (unpaired) electrons. The number of ether oxygens (including phenoxy) is 2. The van der Waals surface area contributed by atoms with Gasteiger partial charge in [-0.05, 0) is 24.6 Å². The summed E-state index contributed by atoms with van der Waals surface area (Å²) in [6.45, 7) is 5.85. The maximum absolute atomic E-state index is 12.4. The molecule has 0 heterocycles. The van der Waals surface area contributed by atoms with Crippen LogP contribution in [0.25, 0.3) is 0 Å². The third-order valence-electron chi connectivity index (χ3n) is 4.19. The molecule has 0 spiro atoms. The van der Waals surface area contributed by atoms with Gasteiger partial charge < -0.3 is 36.7 Å². The third kappa shape index (κ3) is 11.0. The maximum atomic E-state index is 12.4. The summed E-state index contributed by atoms with van der Waals surface area (Å²) in [6, 6.07) is 5.15. The lowest BCUT2D eigenvalue weighted by atomic mass is 10.1. The number of carboxylic acid groups (broad SMARTS) is 1. The fourth-order valence-electron chi connectivity index (χ4n) is 2.50. The lowest BCUT2D eigenvalue weighted by Crippen LogP contribution is -2.48. The second-order valence-corrected chi connectivity index (χ2v) is 8.10. The van der Waals surface area contributed by atoms with Crippen molar-refractivity contribution in [3.8, 4) is 5.75 Å². The van der Waals surface area contributed by atoms with Crippen molar-refractivity contribution in [2.24, 2.45) is 11.5 Å². The summed E-state index contributed by atoms with van der Waals surface area (Å²) in [7, 11) is 0. The number of carbonyl (C=O) groups excluding carboxylic acids is 2. The van der Waals surface area contributed by atoms with Gasteiger partial charge in [0, 0.05) is 12.6 Å². The zero-order valence-electron chi connectivity index (χ0n) is 18.5. The molecule has 178 valence electrons. The molecule has 1 aromatic rings. The van der Waals surface area contributed by atoms with Gasteiger partial charge in [-0.3, -0.25) is 9.59 Å². The van der Waals surface area contributed by atoms with Gasteiger partial charge in [0.25, 0.3) is 0 Å². The van der Waals surface area contributed by atoms with Crippen molar-refractivity contribution in [3.05, 3.63) is 29.8 Å². The molecule has 11 heteroatoms. The average molecular weight is 469 g/mol. The highest BCUT2D eigenvalue weighted by Gasteiger charge is 2.26. The molecule has 3 atom stereocenters. The Kier molecular flexibility index (Phi) is 11.6. The van der Waals surface area contributed by atoms with Gasteiger partial charge in [0.05, 0.1) is 23.9 Å². The van der Waals surface area contributed by atoms with Crippen LogP contribution in [0.1, 0.15) is 32.8 Å². The molecule has 7 N–H and O–H groups in total. The first-order chi connectivity index (χ1) is 15.0. The number of nitrogens with one attached hydrogen (secondary N) is 2. The van der Waals surface area contributed by atoms with E-state index in [1.807, 2.05) is 13.8 Å².